The number of carbonyl (C=O) groups excluding carboxylic acids is 2. The summed E-state index contributed by atoms with van der Waals surface area (Å²) in [5, 5.41) is 8.42. The van der Waals surface area contributed by atoms with E-state index in [0.717, 1.165) is 13.1 Å². The fraction of sp³-hybridized carbons (Fsp3) is 0.520. The van der Waals surface area contributed by atoms with E-state index in [0.29, 0.717) is 58.2 Å². The van der Waals surface area contributed by atoms with E-state index in [2.05, 4.69) is 15.2 Å². The number of amides is 2. The Hall–Kier alpha value is -2.57. The molecule has 37 heavy (non-hydrogen) atoms. The van der Waals surface area contributed by atoms with Crippen molar-refractivity contribution >= 4 is 50.2 Å². The molecular weight excluding hydrogens is 516 g/mol. The van der Waals surface area contributed by atoms with Crippen molar-refractivity contribution in [3.05, 3.63) is 40.5 Å². The highest BCUT2D eigenvalue weighted by Crippen LogP contribution is 2.34. The van der Waals surface area contributed by atoms with Crippen LogP contribution in [-0.2, 0) is 15.0 Å². The van der Waals surface area contributed by atoms with Crippen molar-refractivity contribution in [2.45, 2.75) is 38.4 Å². The standard InChI is InChI=1S/C25H31ClN6O4S/c1-25(2,3)32-21-20(37-24(27-21)28-22(33)15-6-5-7-16(26)12-15)19(29-32)23(34)30(4)17-13-36-14-18(17)31-8-10-35-11-9-31/h5-7,12,17-18H,8-11,13-14H2,1-4H3,(H,27,28,33)/t17-,18-/m1/s1. The van der Waals surface area contributed by atoms with Gasteiger partial charge in [0.2, 0.25) is 0 Å². The van der Waals surface area contributed by atoms with Crippen LogP contribution in [0.3, 0.4) is 0 Å². The summed E-state index contributed by atoms with van der Waals surface area (Å²) in [6.07, 6.45) is 0. The summed E-state index contributed by atoms with van der Waals surface area (Å²) in [5.74, 6) is -0.520. The lowest BCUT2D eigenvalue weighted by Crippen LogP contribution is -2.54. The van der Waals surface area contributed by atoms with Crippen molar-refractivity contribution < 1.29 is 19.1 Å². The van der Waals surface area contributed by atoms with Gasteiger partial charge < -0.3 is 14.4 Å². The molecule has 2 aliphatic rings. The lowest BCUT2D eigenvalue weighted by molar-refractivity contribution is 0.00362. The van der Waals surface area contributed by atoms with E-state index in [9.17, 15) is 9.59 Å². The van der Waals surface area contributed by atoms with Crippen molar-refractivity contribution in [1.82, 2.24) is 24.6 Å². The number of halogens is 1. The third kappa shape index (κ3) is 5.23. The van der Waals surface area contributed by atoms with Crippen molar-refractivity contribution in [3.63, 3.8) is 0 Å². The number of ether oxygens (including phenoxy) is 2. The number of rotatable bonds is 5. The maximum absolute atomic E-state index is 13.8. The van der Waals surface area contributed by atoms with Crippen LogP contribution in [0.1, 0.15) is 41.6 Å². The molecule has 4 heterocycles. The number of nitrogens with zero attached hydrogens (tertiary/aromatic N) is 5. The first-order valence-electron chi connectivity index (χ1n) is 12.3. The lowest BCUT2D eigenvalue weighted by Gasteiger charge is -2.37. The maximum Gasteiger partial charge on any atom is 0.276 e. The first kappa shape index (κ1) is 26.1. The van der Waals surface area contributed by atoms with E-state index < -0.39 is 5.54 Å². The molecule has 10 nitrogen and oxygen atoms in total. The third-order valence-corrected chi connectivity index (χ3v) is 7.93. The first-order chi connectivity index (χ1) is 17.6. The molecule has 2 aromatic heterocycles. The van der Waals surface area contributed by atoms with Crippen LogP contribution in [-0.4, -0.2) is 95.0 Å². The smallest absolute Gasteiger partial charge is 0.276 e. The molecule has 12 heteroatoms. The molecule has 2 fully saturated rings. The fourth-order valence-electron chi connectivity index (χ4n) is 4.74. The zero-order valence-electron chi connectivity index (χ0n) is 21.4. The van der Waals surface area contributed by atoms with Crippen LogP contribution in [0.15, 0.2) is 24.3 Å². The van der Waals surface area contributed by atoms with Gasteiger partial charge in [0.05, 0.1) is 44.1 Å². The van der Waals surface area contributed by atoms with Crippen LogP contribution in [0, 0.1) is 0 Å². The number of benzene rings is 1. The van der Waals surface area contributed by atoms with E-state index in [1.807, 2.05) is 20.8 Å². The number of likely N-dealkylation sites (N-methyl/N-ethyl adjacent to an activating group) is 1. The van der Waals surface area contributed by atoms with Gasteiger partial charge in [-0.3, -0.25) is 19.8 Å². The van der Waals surface area contributed by atoms with E-state index in [1.165, 1.54) is 11.3 Å². The number of nitrogens with one attached hydrogen (secondary N) is 1. The predicted octanol–water partition coefficient (Wildman–Crippen LogP) is 3.33. The van der Waals surface area contributed by atoms with Gasteiger partial charge in [-0.05, 0) is 39.0 Å². The van der Waals surface area contributed by atoms with Crippen molar-refractivity contribution in [3.8, 4) is 0 Å². The van der Waals surface area contributed by atoms with Gasteiger partial charge >= 0.3 is 0 Å². The van der Waals surface area contributed by atoms with Gasteiger partial charge in [0.15, 0.2) is 16.5 Å². The molecule has 5 rings (SSSR count). The molecule has 0 bridgehead atoms. The van der Waals surface area contributed by atoms with Crippen LogP contribution in [0.25, 0.3) is 10.3 Å². The topological polar surface area (TPSA) is 102 Å². The van der Waals surface area contributed by atoms with Crippen LogP contribution in [0.2, 0.25) is 5.02 Å². The summed E-state index contributed by atoms with van der Waals surface area (Å²) in [6.45, 7) is 10.1. The van der Waals surface area contributed by atoms with Gasteiger partial charge in [-0.2, -0.15) is 10.1 Å². The number of hydrogen-bond donors (Lipinski definition) is 1. The van der Waals surface area contributed by atoms with Gasteiger partial charge in [-0.25, -0.2) is 4.68 Å². The number of anilines is 1. The Kier molecular flexibility index (Phi) is 7.25. The molecular formula is C25H31ClN6O4S. The molecule has 198 valence electrons. The van der Waals surface area contributed by atoms with Gasteiger partial charge in [0.1, 0.15) is 4.70 Å². The average molecular weight is 547 g/mol. The second kappa shape index (κ2) is 10.3. The fourth-order valence-corrected chi connectivity index (χ4v) is 5.85. The van der Waals surface area contributed by atoms with Gasteiger partial charge in [0.25, 0.3) is 11.8 Å². The molecule has 2 saturated heterocycles. The zero-order valence-corrected chi connectivity index (χ0v) is 22.9. The molecule has 0 spiro atoms. The number of carbonyl (C=O) groups is 2. The third-order valence-electron chi connectivity index (χ3n) is 6.72. The molecule has 1 aromatic carbocycles. The Morgan fingerprint density at radius 1 is 1.19 bits per heavy atom. The SMILES string of the molecule is CN(C(=O)c1nn(C(C)(C)C)c2nc(NC(=O)c3cccc(Cl)c3)sc12)[C@@H]1COC[C@H]1N1CCOCC1. The van der Waals surface area contributed by atoms with Crippen molar-refractivity contribution in [1.29, 1.82) is 0 Å². The Bertz CT molecular complexity index is 1310. The van der Waals surface area contributed by atoms with Crippen molar-refractivity contribution in [2.75, 3.05) is 51.9 Å². The van der Waals surface area contributed by atoms with Crippen molar-refractivity contribution in [2.24, 2.45) is 0 Å². The number of aromatic nitrogens is 3. The van der Waals surface area contributed by atoms with E-state index in [4.69, 9.17) is 26.2 Å². The highest BCUT2D eigenvalue weighted by Gasteiger charge is 2.40. The quantitative estimate of drug-likeness (QED) is 0.524. The molecule has 2 amide bonds. The summed E-state index contributed by atoms with van der Waals surface area (Å²) in [5.41, 5.74) is 0.879. The Balaban J connectivity index is 1.44. The summed E-state index contributed by atoms with van der Waals surface area (Å²) in [6, 6.07) is 6.71. The summed E-state index contributed by atoms with van der Waals surface area (Å²) >= 11 is 7.28. The Labute approximate surface area is 224 Å². The van der Waals surface area contributed by atoms with E-state index >= 15 is 0 Å². The molecule has 0 aliphatic carbocycles. The molecule has 0 radical (unpaired) electrons. The van der Waals surface area contributed by atoms with Crippen LogP contribution >= 0.6 is 22.9 Å². The molecule has 0 saturated carbocycles. The molecule has 3 aromatic rings. The highest BCUT2D eigenvalue weighted by atomic mass is 35.5. The van der Waals surface area contributed by atoms with Crippen LogP contribution in [0.4, 0.5) is 5.13 Å². The van der Waals surface area contributed by atoms with Crippen LogP contribution < -0.4 is 5.32 Å². The Morgan fingerprint density at radius 2 is 1.95 bits per heavy atom. The zero-order chi connectivity index (χ0) is 26.3. The molecule has 2 aliphatic heterocycles. The monoisotopic (exact) mass is 546 g/mol. The average Bonchev–Trinajstić information content (AvgIpc) is 3.58. The summed E-state index contributed by atoms with van der Waals surface area (Å²) in [4.78, 5) is 35.4. The van der Waals surface area contributed by atoms with Gasteiger partial charge in [-0.15, -0.1) is 0 Å². The normalized spacial score (nSPS) is 20.9. The second-order valence-corrected chi connectivity index (χ2v) is 11.7. The second-order valence-electron chi connectivity index (χ2n) is 10.3. The largest absolute Gasteiger partial charge is 0.379 e. The van der Waals surface area contributed by atoms with Gasteiger partial charge in [-0.1, -0.05) is 29.0 Å². The van der Waals surface area contributed by atoms with Gasteiger partial charge in [0, 0.05) is 30.7 Å². The maximum atomic E-state index is 13.8. The number of morpholine rings is 1. The molecule has 0 unspecified atom stereocenters. The number of hydrogen-bond acceptors (Lipinski definition) is 8. The predicted molar refractivity (Wildman–Crippen MR) is 143 cm³/mol. The van der Waals surface area contributed by atoms with E-state index in [-0.39, 0.29) is 23.9 Å². The van der Waals surface area contributed by atoms with E-state index in [1.54, 1.807) is 40.9 Å². The van der Waals surface area contributed by atoms with Crippen LogP contribution in [0.5, 0.6) is 0 Å². The summed E-state index contributed by atoms with van der Waals surface area (Å²) in [7, 11) is 1.81. The first-order valence-corrected chi connectivity index (χ1v) is 13.5. The Morgan fingerprint density at radius 3 is 2.65 bits per heavy atom. The minimum absolute atomic E-state index is 0.102. The lowest BCUT2D eigenvalue weighted by atomic mass is 10.1. The molecule has 1 N–H and O–H groups in total. The minimum atomic E-state index is -0.426. The minimum Gasteiger partial charge on any atom is -0.379 e. The highest BCUT2D eigenvalue weighted by molar-refractivity contribution is 7.22. The molecule has 2 atom stereocenters. The summed E-state index contributed by atoms with van der Waals surface area (Å²) < 4.78 is 13.7. The number of thiazole rings is 1. The number of fused-ring (bicyclic) bond motifs is 1.